The van der Waals surface area contributed by atoms with Crippen LogP contribution in [0.25, 0.3) is 0 Å². The number of hydrogen-bond donors (Lipinski definition) is 1. The van der Waals surface area contributed by atoms with Gasteiger partial charge >= 0.3 is 6.18 Å². The summed E-state index contributed by atoms with van der Waals surface area (Å²) in [6.45, 7) is 3.64. The van der Waals surface area contributed by atoms with Crippen molar-refractivity contribution in [2.45, 2.75) is 45.5 Å². The van der Waals surface area contributed by atoms with Gasteiger partial charge in [-0.2, -0.15) is 13.2 Å². The molecule has 0 aliphatic heterocycles. The van der Waals surface area contributed by atoms with Gasteiger partial charge in [-0.1, -0.05) is 25.2 Å². The fourth-order valence-electron chi connectivity index (χ4n) is 1.33. The summed E-state index contributed by atoms with van der Waals surface area (Å²) in [6.07, 6.45) is -2.59. The molecule has 1 N–H and O–H groups in total. The van der Waals surface area contributed by atoms with E-state index in [-0.39, 0.29) is 6.61 Å². The lowest BCUT2D eigenvalue weighted by Crippen LogP contribution is -2.23. The van der Waals surface area contributed by atoms with Crippen LogP contribution in [-0.2, 0) is 17.8 Å². The van der Waals surface area contributed by atoms with Crippen LogP contribution in [-0.4, -0.2) is 35.6 Å². The van der Waals surface area contributed by atoms with Gasteiger partial charge in [-0.15, -0.1) is 10.2 Å². The van der Waals surface area contributed by atoms with Crippen molar-refractivity contribution in [3.63, 3.8) is 0 Å². The number of aryl methyl sites for hydroxylation is 1. The largest absolute Gasteiger partial charge is 0.411 e. The number of hydrogen-bond acceptors (Lipinski definition) is 5. The molecule has 0 fully saturated rings. The first-order chi connectivity index (χ1) is 8.87. The average molecular weight is 297 g/mol. The van der Waals surface area contributed by atoms with Gasteiger partial charge in [0.15, 0.2) is 0 Å². The number of rotatable bonds is 8. The standard InChI is InChI=1S/C11H18F3N3OS/c1-8(2)15-5-3-4-9-16-17-10(19-9)6-18-7-11(12,13)14/h8,15H,3-7H2,1-2H3. The fraction of sp³-hybridized carbons (Fsp3) is 0.818. The predicted octanol–water partition coefficient (Wildman–Crippen LogP) is 2.55. The Morgan fingerprint density at radius 3 is 2.58 bits per heavy atom. The summed E-state index contributed by atoms with van der Waals surface area (Å²) in [4.78, 5) is 0. The highest BCUT2D eigenvalue weighted by Crippen LogP contribution is 2.17. The van der Waals surface area contributed by atoms with Crippen LogP contribution in [0.3, 0.4) is 0 Å². The molecule has 0 aliphatic carbocycles. The molecule has 0 saturated carbocycles. The molecule has 0 atom stereocenters. The topological polar surface area (TPSA) is 47.0 Å². The van der Waals surface area contributed by atoms with Crippen LogP contribution < -0.4 is 5.32 Å². The van der Waals surface area contributed by atoms with Gasteiger partial charge in [0, 0.05) is 12.5 Å². The lowest BCUT2D eigenvalue weighted by molar-refractivity contribution is -0.176. The van der Waals surface area contributed by atoms with Crippen molar-refractivity contribution < 1.29 is 17.9 Å². The highest BCUT2D eigenvalue weighted by Gasteiger charge is 2.27. The number of ether oxygens (including phenoxy) is 1. The Bertz CT molecular complexity index is 368. The number of nitrogens with zero attached hydrogens (tertiary/aromatic N) is 2. The summed E-state index contributed by atoms with van der Waals surface area (Å²) < 4.78 is 40.1. The maximum atomic E-state index is 11.9. The normalized spacial score (nSPS) is 12.3. The van der Waals surface area contributed by atoms with Crippen molar-refractivity contribution in [2.75, 3.05) is 13.2 Å². The maximum absolute atomic E-state index is 11.9. The molecular weight excluding hydrogens is 279 g/mol. The Kier molecular flexibility index (Phi) is 6.67. The van der Waals surface area contributed by atoms with Gasteiger partial charge in [0.1, 0.15) is 23.2 Å². The molecule has 1 aromatic heterocycles. The van der Waals surface area contributed by atoms with Crippen molar-refractivity contribution in [3.8, 4) is 0 Å². The van der Waals surface area contributed by atoms with Gasteiger partial charge in [0.2, 0.25) is 0 Å². The van der Waals surface area contributed by atoms with E-state index in [0.29, 0.717) is 11.0 Å². The molecule has 8 heteroatoms. The molecule has 0 spiro atoms. The van der Waals surface area contributed by atoms with Crippen LogP contribution in [0.15, 0.2) is 0 Å². The Balaban J connectivity index is 2.21. The summed E-state index contributed by atoms with van der Waals surface area (Å²) in [5, 5.41) is 12.3. The second kappa shape index (κ2) is 7.76. The van der Waals surface area contributed by atoms with Crippen LogP contribution in [0, 0.1) is 0 Å². The van der Waals surface area contributed by atoms with Crippen molar-refractivity contribution in [3.05, 3.63) is 10.0 Å². The Hall–Kier alpha value is -0.730. The minimum Gasteiger partial charge on any atom is -0.365 e. The second-order valence-electron chi connectivity index (χ2n) is 4.41. The molecule has 1 aromatic rings. The first-order valence-electron chi connectivity index (χ1n) is 6.06. The fourth-order valence-corrected chi connectivity index (χ4v) is 2.16. The zero-order valence-corrected chi connectivity index (χ0v) is 11.8. The molecular formula is C11H18F3N3OS. The van der Waals surface area contributed by atoms with Crippen LogP contribution in [0.1, 0.15) is 30.3 Å². The van der Waals surface area contributed by atoms with E-state index in [1.807, 2.05) is 0 Å². The highest BCUT2D eigenvalue weighted by molar-refractivity contribution is 7.11. The number of alkyl halides is 3. The molecule has 0 bridgehead atoms. The van der Waals surface area contributed by atoms with Crippen molar-refractivity contribution >= 4 is 11.3 Å². The lowest BCUT2D eigenvalue weighted by atomic mass is 10.3. The van der Waals surface area contributed by atoms with E-state index >= 15 is 0 Å². The monoisotopic (exact) mass is 297 g/mol. The SMILES string of the molecule is CC(C)NCCCc1nnc(COCC(F)(F)F)s1. The van der Waals surface area contributed by atoms with Gasteiger partial charge in [-0.05, 0) is 13.0 Å². The van der Waals surface area contributed by atoms with Gasteiger partial charge in [-0.25, -0.2) is 0 Å². The van der Waals surface area contributed by atoms with Crippen LogP contribution in [0.4, 0.5) is 13.2 Å². The minimum atomic E-state index is -4.30. The number of halogens is 3. The number of nitrogens with one attached hydrogen (secondary N) is 1. The first kappa shape index (κ1) is 16.3. The quantitative estimate of drug-likeness (QED) is 0.749. The molecule has 0 radical (unpaired) electrons. The van der Waals surface area contributed by atoms with Gasteiger partial charge < -0.3 is 10.1 Å². The predicted molar refractivity (Wildman–Crippen MR) is 67.1 cm³/mol. The highest BCUT2D eigenvalue weighted by atomic mass is 32.1. The van der Waals surface area contributed by atoms with Crippen LogP contribution in [0.2, 0.25) is 0 Å². The minimum absolute atomic E-state index is 0.137. The molecule has 0 aromatic carbocycles. The summed E-state index contributed by atoms with van der Waals surface area (Å²) in [5.41, 5.74) is 0. The van der Waals surface area contributed by atoms with Crippen molar-refractivity contribution in [1.29, 1.82) is 0 Å². The summed E-state index contributed by atoms with van der Waals surface area (Å²) in [5.74, 6) is 0. The average Bonchev–Trinajstić information content (AvgIpc) is 2.70. The van der Waals surface area contributed by atoms with Crippen LogP contribution >= 0.6 is 11.3 Å². The first-order valence-corrected chi connectivity index (χ1v) is 6.87. The van der Waals surface area contributed by atoms with Gasteiger partial charge in [0.25, 0.3) is 0 Å². The van der Waals surface area contributed by atoms with Crippen molar-refractivity contribution in [2.24, 2.45) is 0 Å². The molecule has 0 aliphatic rings. The van der Waals surface area contributed by atoms with Crippen LogP contribution in [0.5, 0.6) is 0 Å². The molecule has 0 unspecified atom stereocenters. The van der Waals surface area contributed by atoms with Crippen molar-refractivity contribution in [1.82, 2.24) is 15.5 Å². The Morgan fingerprint density at radius 2 is 1.95 bits per heavy atom. The van der Waals surface area contributed by atoms with E-state index in [2.05, 4.69) is 34.1 Å². The summed E-state index contributed by atoms with van der Waals surface area (Å²) in [6, 6.07) is 0.445. The van der Waals surface area contributed by atoms with E-state index < -0.39 is 12.8 Å². The molecule has 19 heavy (non-hydrogen) atoms. The van der Waals surface area contributed by atoms with Gasteiger partial charge in [0.05, 0.1) is 0 Å². The van der Waals surface area contributed by atoms with E-state index in [1.165, 1.54) is 11.3 Å². The lowest BCUT2D eigenvalue weighted by Gasteiger charge is -2.06. The van der Waals surface area contributed by atoms with E-state index in [0.717, 1.165) is 24.4 Å². The summed E-state index contributed by atoms with van der Waals surface area (Å²) in [7, 11) is 0. The third-order valence-corrected chi connectivity index (χ3v) is 3.08. The third-order valence-electron chi connectivity index (χ3n) is 2.12. The van der Waals surface area contributed by atoms with Gasteiger partial charge in [-0.3, -0.25) is 0 Å². The molecule has 0 saturated heterocycles. The maximum Gasteiger partial charge on any atom is 0.411 e. The molecule has 1 rings (SSSR count). The smallest absolute Gasteiger partial charge is 0.365 e. The third kappa shape index (κ3) is 8.12. The molecule has 110 valence electrons. The molecule has 0 amide bonds. The van der Waals surface area contributed by atoms with E-state index in [4.69, 9.17) is 0 Å². The zero-order valence-electron chi connectivity index (χ0n) is 11.0. The molecule has 1 heterocycles. The Morgan fingerprint density at radius 1 is 1.26 bits per heavy atom. The van der Waals surface area contributed by atoms with E-state index in [1.54, 1.807) is 0 Å². The van der Waals surface area contributed by atoms with E-state index in [9.17, 15) is 13.2 Å². The second-order valence-corrected chi connectivity index (χ2v) is 5.56. The summed E-state index contributed by atoms with van der Waals surface area (Å²) >= 11 is 1.30. The number of aromatic nitrogens is 2. The Labute approximate surface area is 114 Å². The molecule has 4 nitrogen and oxygen atoms in total. The zero-order chi connectivity index (χ0) is 14.3.